The number of nitrogens with two attached hydrogens (primary N) is 2. The van der Waals surface area contributed by atoms with Gasteiger partial charge in [0.15, 0.2) is 5.96 Å². The van der Waals surface area contributed by atoms with Gasteiger partial charge in [-0.3, -0.25) is 4.99 Å². The maximum atomic E-state index is 5.37. The van der Waals surface area contributed by atoms with Gasteiger partial charge in [0.1, 0.15) is 0 Å². The van der Waals surface area contributed by atoms with E-state index in [1.165, 1.54) is 17.5 Å². The molecule has 3 nitrogen and oxygen atoms in total. The fraction of sp³-hybridized carbons (Fsp3) is 0.462. The summed E-state index contributed by atoms with van der Waals surface area (Å²) in [6.45, 7) is 5.14. The zero-order valence-electron chi connectivity index (χ0n) is 9.90. The van der Waals surface area contributed by atoms with E-state index in [0.29, 0.717) is 5.92 Å². The Morgan fingerprint density at radius 1 is 1.44 bits per heavy atom. The van der Waals surface area contributed by atoms with Crippen molar-refractivity contribution in [1.82, 2.24) is 0 Å². The van der Waals surface area contributed by atoms with Crippen molar-refractivity contribution in [1.29, 1.82) is 0 Å². The summed E-state index contributed by atoms with van der Waals surface area (Å²) in [7, 11) is 0. The molecule has 3 heteroatoms. The van der Waals surface area contributed by atoms with Crippen LogP contribution in [0.2, 0.25) is 0 Å². The second kappa shape index (κ2) is 3.81. The first kappa shape index (κ1) is 11.0. The first-order valence-electron chi connectivity index (χ1n) is 5.64. The summed E-state index contributed by atoms with van der Waals surface area (Å²) >= 11 is 0. The molecule has 0 heterocycles. The van der Waals surface area contributed by atoms with Crippen molar-refractivity contribution >= 4 is 5.96 Å². The van der Waals surface area contributed by atoms with Crippen molar-refractivity contribution in [3.8, 4) is 0 Å². The van der Waals surface area contributed by atoms with Gasteiger partial charge in [-0.2, -0.15) is 0 Å². The number of benzene rings is 1. The maximum absolute atomic E-state index is 5.37. The number of aryl methyl sites for hydroxylation is 1. The van der Waals surface area contributed by atoms with Crippen LogP contribution in [0.5, 0.6) is 0 Å². The van der Waals surface area contributed by atoms with E-state index in [4.69, 9.17) is 11.5 Å². The molecule has 1 aliphatic carbocycles. The Hall–Kier alpha value is -1.51. The average molecular weight is 217 g/mol. The summed E-state index contributed by atoms with van der Waals surface area (Å²) in [4.78, 5) is 4.14. The molecule has 86 valence electrons. The smallest absolute Gasteiger partial charge is 0.185 e. The Labute approximate surface area is 96.6 Å². The van der Waals surface area contributed by atoms with Crippen molar-refractivity contribution in [3.05, 3.63) is 35.4 Å². The van der Waals surface area contributed by atoms with E-state index in [9.17, 15) is 0 Å². The Morgan fingerprint density at radius 3 is 2.75 bits per heavy atom. The average Bonchev–Trinajstić information content (AvgIpc) is 2.89. The highest BCUT2D eigenvalue weighted by molar-refractivity contribution is 5.75. The molecule has 2 atom stereocenters. The third-order valence-electron chi connectivity index (χ3n) is 3.54. The number of rotatable bonds is 3. The first-order chi connectivity index (χ1) is 7.53. The minimum absolute atomic E-state index is 0.191. The lowest BCUT2D eigenvalue weighted by Crippen LogP contribution is -2.24. The molecule has 1 aromatic rings. The van der Waals surface area contributed by atoms with Crippen LogP contribution in [0.3, 0.4) is 0 Å². The second-order valence-corrected chi connectivity index (χ2v) is 5.01. The van der Waals surface area contributed by atoms with Gasteiger partial charge in [0.25, 0.3) is 0 Å². The summed E-state index contributed by atoms with van der Waals surface area (Å²) in [5.41, 5.74) is 13.8. The molecule has 1 aromatic carbocycles. The molecule has 0 amide bonds. The Morgan fingerprint density at radius 2 is 2.12 bits per heavy atom. The first-order valence-corrected chi connectivity index (χ1v) is 5.64. The van der Waals surface area contributed by atoms with Crippen LogP contribution in [0.4, 0.5) is 0 Å². The van der Waals surface area contributed by atoms with Gasteiger partial charge in [0.05, 0.1) is 0 Å². The van der Waals surface area contributed by atoms with Crippen LogP contribution < -0.4 is 11.5 Å². The monoisotopic (exact) mass is 217 g/mol. The zero-order chi connectivity index (χ0) is 11.8. The molecule has 0 spiro atoms. The maximum Gasteiger partial charge on any atom is 0.185 e. The molecule has 0 aliphatic heterocycles. The topological polar surface area (TPSA) is 64.4 Å². The van der Waals surface area contributed by atoms with Gasteiger partial charge in [-0.25, -0.2) is 0 Å². The molecule has 16 heavy (non-hydrogen) atoms. The zero-order valence-corrected chi connectivity index (χ0v) is 9.90. The van der Waals surface area contributed by atoms with E-state index in [1.54, 1.807) is 0 Å². The molecule has 0 bridgehead atoms. The van der Waals surface area contributed by atoms with Crippen LogP contribution in [0.15, 0.2) is 29.3 Å². The fourth-order valence-corrected chi connectivity index (χ4v) is 2.32. The minimum Gasteiger partial charge on any atom is -0.370 e. The van der Waals surface area contributed by atoms with Gasteiger partial charge in [-0.15, -0.1) is 0 Å². The predicted octanol–water partition coefficient (Wildman–Crippen LogP) is 1.76. The van der Waals surface area contributed by atoms with Crippen molar-refractivity contribution in [2.45, 2.75) is 26.2 Å². The van der Waals surface area contributed by atoms with Gasteiger partial charge in [-0.1, -0.05) is 31.2 Å². The van der Waals surface area contributed by atoms with Crippen molar-refractivity contribution in [3.63, 3.8) is 0 Å². The third kappa shape index (κ3) is 2.03. The summed E-state index contributed by atoms with van der Waals surface area (Å²) in [5.74, 6) is 0.799. The van der Waals surface area contributed by atoms with E-state index in [-0.39, 0.29) is 11.4 Å². The molecule has 0 aromatic heterocycles. The number of guanidine groups is 1. The van der Waals surface area contributed by atoms with Crippen LogP contribution in [-0.2, 0) is 0 Å². The molecule has 4 N–H and O–H groups in total. The van der Waals surface area contributed by atoms with Gasteiger partial charge < -0.3 is 11.5 Å². The molecule has 1 saturated carbocycles. The summed E-state index contributed by atoms with van der Waals surface area (Å²) in [6, 6.07) is 8.55. The normalized spacial score (nSPS) is 27.5. The SMILES string of the molecule is Cc1ccccc1C1CC1(C)CN=C(N)N. The van der Waals surface area contributed by atoms with E-state index in [2.05, 4.69) is 43.1 Å². The molecule has 0 radical (unpaired) electrons. The minimum atomic E-state index is 0.191. The van der Waals surface area contributed by atoms with Crippen molar-refractivity contribution in [2.75, 3.05) is 6.54 Å². The molecular formula is C13H19N3. The van der Waals surface area contributed by atoms with Crippen LogP contribution in [-0.4, -0.2) is 12.5 Å². The molecule has 0 saturated heterocycles. The summed E-state index contributed by atoms with van der Waals surface area (Å²) < 4.78 is 0. The lowest BCUT2D eigenvalue weighted by Gasteiger charge is -2.10. The van der Waals surface area contributed by atoms with E-state index in [1.807, 2.05) is 0 Å². The number of aliphatic imine (C=N–C) groups is 1. The summed E-state index contributed by atoms with van der Waals surface area (Å²) in [6.07, 6.45) is 1.18. The summed E-state index contributed by atoms with van der Waals surface area (Å²) in [5, 5.41) is 0. The highest BCUT2D eigenvalue weighted by Gasteiger charge is 2.50. The number of nitrogens with zero attached hydrogens (tertiary/aromatic N) is 1. The predicted molar refractivity (Wildman–Crippen MR) is 67.3 cm³/mol. The third-order valence-corrected chi connectivity index (χ3v) is 3.54. The van der Waals surface area contributed by atoms with Crippen molar-refractivity contribution < 1.29 is 0 Å². The molecule has 1 fully saturated rings. The largest absolute Gasteiger partial charge is 0.370 e. The Balaban J connectivity index is 2.11. The standard InChI is InChI=1S/C13H19N3/c1-9-5-3-4-6-10(9)11-7-13(11,2)8-16-12(14)15/h3-6,11H,7-8H2,1-2H3,(H4,14,15,16). The highest BCUT2D eigenvalue weighted by atomic mass is 15.0. The number of hydrogen-bond donors (Lipinski definition) is 2. The quantitative estimate of drug-likeness (QED) is 0.598. The fourth-order valence-electron chi connectivity index (χ4n) is 2.32. The second-order valence-electron chi connectivity index (χ2n) is 5.01. The van der Waals surface area contributed by atoms with Crippen LogP contribution in [0.1, 0.15) is 30.4 Å². The number of hydrogen-bond acceptors (Lipinski definition) is 1. The van der Waals surface area contributed by atoms with Gasteiger partial charge in [0.2, 0.25) is 0 Å². The lowest BCUT2D eigenvalue weighted by molar-refractivity contribution is 0.564. The molecular weight excluding hydrogens is 198 g/mol. The Kier molecular flexibility index (Phi) is 2.62. The molecule has 2 rings (SSSR count). The molecule has 1 aliphatic rings. The van der Waals surface area contributed by atoms with E-state index in [0.717, 1.165) is 6.54 Å². The van der Waals surface area contributed by atoms with E-state index < -0.39 is 0 Å². The van der Waals surface area contributed by atoms with Gasteiger partial charge >= 0.3 is 0 Å². The van der Waals surface area contributed by atoms with Crippen LogP contribution in [0, 0.1) is 12.3 Å². The van der Waals surface area contributed by atoms with Crippen LogP contribution >= 0.6 is 0 Å². The lowest BCUT2D eigenvalue weighted by atomic mass is 9.98. The van der Waals surface area contributed by atoms with Gasteiger partial charge in [-0.05, 0) is 35.8 Å². The van der Waals surface area contributed by atoms with Crippen molar-refractivity contribution in [2.24, 2.45) is 21.9 Å². The highest BCUT2D eigenvalue weighted by Crippen LogP contribution is 2.59. The van der Waals surface area contributed by atoms with Crippen LogP contribution in [0.25, 0.3) is 0 Å². The Bertz CT molecular complexity index is 421. The van der Waals surface area contributed by atoms with E-state index >= 15 is 0 Å². The molecule has 2 unspecified atom stereocenters. The van der Waals surface area contributed by atoms with Gasteiger partial charge in [0, 0.05) is 6.54 Å².